The summed E-state index contributed by atoms with van der Waals surface area (Å²) < 4.78 is 29.9. The van der Waals surface area contributed by atoms with Crippen LogP contribution in [-0.2, 0) is 25.7 Å². The Morgan fingerprint density at radius 3 is 1.75 bits per heavy atom. The van der Waals surface area contributed by atoms with Crippen LogP contribution >= 0.6 is 0 Å². The van der Waals surface area contributed by atoms with Crippen LogP contribution in [0.15, 0.2) is 103 Å². The third-order valence-corrected chi connectivity index (χ3v) is 6.87. The van der Waals surface area contributed by atoms with Gasteiger partial charge in [-0.15, -0.1) is 0 Å². The number of rotatable bonds is 10. The number of halogens is 2. The summed E-state index contributed by atoms with van der Waals surface area (Å²) >= 11 is 0. The molecule has 0 N–H and O–H groups in total. The van der Waals surface area contributed by atoms with Crippen molar-refractivity contribution in [2.24, 2.45) is 0 Å². The molecule has 0 heterocycles. The fraction of sp³-hybridized carbons (Fsp3) is 0.235. The molecule has 0 nitrogen and oxygen atoms in total. The Morgan fingerprint density at radius 2 is 1.19 bits per heavy atom. The van der Waals surface area contributed by atoms with Gasteiger partial charge in [-0.2, -0.15) is 0 Å². The van der Waals surface area contributed by atoms with Gasteiger partial charge in [-0.25, -0.2) is 8.78 Å². The number of aryl methyl sites for hydroxylation is 3. The maximum Gasteiger partial charge on any atom is 0.129 e. The van der Waals surface area contributed by atoms with Crippen molar-refractivity contribution in [2.45, 2.75) is 51.9 Å². The lowest BCUT2D eigenvalue weighted by atomic mass is 9.92. The first kappa shape index (κ1) is 25.6. The first-order valence-corrected chi connectivity index (χ1v) is 12.8. The zero-order valence-electron chi connectivity index (χ0n) is 21.2. The normalized spacial score (nSPS) is 12.2. The van der Waals surface area contributed by atoms with Crippen LogP contribution in [0.2, 0.25) is 0 Å². The monoisotopic (exact) mass is 480 g/mol. The van der Waals surface area contributed by atoms with Crippen molar-refractivity contribution in [1.82, 2.24) is 0 Å². The molecule has 0 saturated heterocycles. The summed E-state index contributed by atoms with van der Waals surface area (Å²) in [6, 6.07) is 29.7. The van der Waals surface area contributed by atoms with Gasteiger partial charge in [0.05, 0.1) is 0 Å². The van der Waals surface area contributed by atoms with Gasteiger partial charge in [0.2, 0.25) is 0 Å². The summed E-state index contributed by atoms with van der Waals surface area (Å²) in [5, 5.41) is 0. The molecule has 0 aromatic heterocycles. The largest absolute Gasteiger partial charge is 0.207 e. The van der Waals surface area contributed by atoms with Gasteiger partial charge in [0.15, 0.2) is 0 Å². The average Bonchev–Trinajstić information content (AvgIpc) is 2.91. The molecule has 184 valence electrons. The lowest BCUT2D eigenvalue weighted by Crippen LogP contribution is -2.04. The highest BCUT2D eigenvalue weighted by molar-refractivity contribution is 5.64. The minimum Gasteiger partial charge on any atom is -0.207 e. The van der Waals surface area contributed by atoms with Crippen LogP contribution in [-0.4, -0.2) is 0 Å². The lowest BCUT2D eigenvalue weighted by molar-refractivity contribution is 0.544. The quantitative estimate of drug-likeness (QED) is 0.198. The summed E-state index contributed by atoms with van der Waals surface area (Å²) in [5.41, 5.74) is 6.52. The Kier molecular flexibility index (Phi) is 8.84. The van der Waals surface area contributed by atoms with E-state index in [1.165, 1.54) is 28.8 Å². The van der Waals surface area contributed by atoms with Gasteiger partial charge in [0, 0.05) is 5.56 Å². The third kappa shape index (κ3) is 6.79. The van der Waals surface area contributed by atoms with Crippen LogP contribution in [0.5, 0.6) is 0 Å². The van der Waals surface area contributed by atoms with Gasteiger partial charge in [0.25, 0.3) is 0 Å². The van der Waals surface area contributed by atoms with Crippen LogP contribution in [0.25, 0.3) is 11.1 Å². The summed E-state index contributed by atoms with van der Waals surface area (Å²) in [6.45, 7) is 4.05. The predicted molar refractivity (Wildman–Crippen MR) is 147 cm³/mol. The third-order valence-electron chi connectivity index (χ3n) is 6.87. The van der Waals surface area contributed by atoms with E-state index in [4.69, 9.17) is 0 Å². The average molecular weight is 481 g/mol. The van der Waals surface area contributed by atoms with Crippen LogP contribution in [0.4, 0.5) is 8.78 Å². The molecule has 0 aliphatic rings. The molecule has 4 rings (SSSR count). The van der Waals surface area contributed by atoms with Crippen molar-refractivity contribution in [3.63, 3.8) is 0 Å². The number of hydrogen-bond acceptors (Lipinski definition) is 0. The molecular weight excluding hydrogens is 446 g/mol. The molecule has 0 radical (unpaired) electrons. The lowest BCUT2D eigenvalue weighted by Gasteiger charge is -2.14. The molecule has 0 aliphatic heterocycles. The minimum absolute atomic E-state index is 0.0368. The first-order chi connectivity index (χ1) is 17.5. The smallest absolute Gasteiger partial charge is 0.129 e. The second kappa shape index (κ2) is 12.4. The minimum atomic E-state index is -0.481. The van der Waals surface area contributed by atoms with Crippen molar-refractivity contribution in [1.29, 1.82) is 0 Å². The maximum absolute atomic E-state index is 14.9. The Labute approximate surface area is 214 Å². The molecule has 0 fully saturated rings. The summed E-state index contributed by atoms with van der Waals surface area (Å²) in [4.78, 5) is 0. The Balaban J connectivity index is 1.38. The maximum atomic E-state index is 14.9. The Hall–Kier alpha value is -3.52. The topological polar surface area (TPSA) is 0 Å². The highest BCUT2D eigenvalue weighted by atomic mass is 19.1. The van der Waals surface area contributed by atoms with E-state index in [-0.39, 0.29) is 11.5 Å². The van der Waals surface area contributed by atoms with E-state index in [1.807, 2.05) is 49.4 Å². The summed E-state index contributed by atoms with van der Waals surface area (Å²) in [5.74, 6) is -0.924. The molecule has 4 aromatic rings. The first-order valence-electron chi connectivity index (χ1n) is 12.8. The number of benzene rings is 4. The SMILES string of the molecule is C/C=C/CCc1ccc(CCc2ccc(-c3cc(F)c(C[C@@H](C)c4ccccc4)c(F)c3)cc2)cc1. The van der Waals surface area contributed by atoms with Gasteiger partial charge in [-0.05, 0) is 90.5 Å². The molecule has 0 unspecified atom stereocenters. The highest BCUT2D eigenvalue weighted by Gasteiger charge is 2.16. The van der Waals surface area contributed by atoms with E-state index in [0.717, 1.165) is 36.8 Å². The van der Waals surface area contributed by atoms with E-state index < -0.39 is 11.6 Å². The summed E-state index contributed by atoms with van der Waals surface area (Å²) in [6.07, 6.45) is 8.66. The van der Waals surface area contributed by atoms with Crippen molar-refractivity contribution in [3.05, 3.63) is 143 Å². The standard InChI is InChI=1S/C34H34F2/c1-3-4-6-9-26-12-14-27(15-13-26)16-17-28-18-20-30(21-19-28)31-23-33(35)32(34(36)24-31)22-25(2)29-10-7-5-8-11-29/h3-5,7-8,10-15,18-21,23-25H,6,9,16-17,22H2,1-2H3/b4-3+/t25-/m1/s1. The number of hydrogen-bond donors (Lipinski definition) is 0. The van der Waals surface area contributed by atoms with E-state index >= 15 is 0 Å². The van der Waals surface area contributed by atoms with E-state index in [1.54, 1.807) is 0 Å². The van der Waals surface area contributed by atoms with E-state index in [0.29, 0.717) is 12.0 Å². The van der Waals surface area contributed by atoms with Gasteiger partial charge >= 0.3 is 0 Å². The van der Waals surface area contributed by atoms with Gasteiger partial charge < -0.3 is 0 Å². The molecule has 0 bridgehead atoms. The van der Waals surface area contributed by atoms with Gasteiger partial charge in [-0.3, -0.25) is 0 Å². The second-order valence-electron chi connectivity index (χ2n) is 9.56. The molecule has 2 heteroatoms. The zero-order chi connectivity index (χ0) is 25.3. The van der Waals surface area contributed by atoms with Crippen molar-refractivity contribution < 1.29 is 8.78 Å². The molecule has 0 saturated carbocycles. The molecule has 0 amide bonds. The molecule has 1 atom stereocenters. The molecular formula is C34H34F2. The molecule has 0 aliphatic carbocycles. The fourth-order valence-corrected chi connectivity index (χ4v) is 4.61. The second-order valence-corrected chi connectivity index (χ2v) is 9.56. The van der Waals surface area contributed by atoms with Crippen molar-refractivity contribution in [2.75, 3.05) is 0 Å². The molecule has 0 spiro atoms. The van der Waals surface area contributed by atoms with E-state index in [9.17, 15) is 8.78 Å². The summed E-state index contributed by atoms with van der Waals surface area (Å²) in [7, 11) is 0. The molecule has 4 aromatic carbocycles. The van der Waals surface area contributed by atoms with Crippen LogP contribution in [0.3, 0.4) is 0 Å². The van der Waals surface area contributed by atoms with Crippen molar-refractivity contribution >= 4 is 0 Å². The fourth-order valence-electron chi connectivity index (χ4n) is 4.61. The van der Waals surface area contributed by atoms with E-state index in [2.05, 4.69) is 55.5 Å². The van der Waals surface area contributed by atoms with Crippen LogP contribution < -0.4 is 0 Å². The van der Waals surface area contributed by atoms with Crippen molar-refractivity contribution in [3.8, 4) is 11.1 Å². The zero-order valence-corrected chi connectivity index (χ0v) is 21.2. The highest BCUT2D eigenvalue weighted by Crippen LogP contribution is 2.29. The van der Waals surface area contributed by atoms with Gasteiger partial charge in [-0.1, -0.05) is 97.9 Å². The van der Waals surface area contributed by atoms with Crippen LogP contribution in [0.1, 0.15) is 54.0 Å². The van der Waals surface area contributed by atoms with Gasteiger partial charge in [0.1, 0.15) is 11.6 Å². The Morgan fingerprint density at radius 1 is 0.667 bits per heavy atom. The predicted octanol–water partition coefficient (Wildman–Crippen LogP) is 9.27. The number of allylic oxidation sites excluding steroid dienone is 2. The van der Waals surface area contributed by atoms with Crippen LogP contribution in [0, 0.1) is 11.6 Å². The Bertz CT molecular complexity index is 1250. The molecule has 36 heavy (non-hydrogen) atoms.